The molecule has 0 fully saturated rings. The molecule has 0 radical (unpaired) electrons. The first-order valence-corrected chi connectivity index (χ1v) is 10.0. The number of aromatic amines is 1. The van der Waals surface area contributed by atoms with Gasteiger partial charge >= 0.3 is 0 Å². The van der Waals surface area contributed by atoms with Crippen LogP contribution < -0.4 is 10.6 Å². The van der Waals surface area contributed by atoms with Gasteiger partial charge in [0.2, 0.25) is 5.91 Å². The lowest BCUT2D eigenvalue weighted by molar-refractivity contribution is -0.132. The van der Waals surface area contributed by atoms with Crippen LogP contribution in [0.15, 0.2) is 48.5 Å². The Hall–Kier alpha value is -3.66. The van der Waals surface area contributed by atoms with Crippen LogP contribution in [0.1, 0.15) is 43.7 Å². The maximum absolute atomic E-state index is 13.6. The molecule has 7 nitrogen and oxygen atoms in total. The summed E-state index contributed by atoms with van der Waals surface area (Å²) < 4.78 is 40.3. The molecule has 0 saturated heterocycles. The number of carbonyl (C=O) groups excluding carboxylic acids is 2. The first-order valence-electron chi connectivity index (χ1n) is 10.0. The summed E-state index contributed by atoms with van der Waals surface area (Å²) in [6, 6.07) is 8.44. The lowest BCUT2D eigenvalue weighted by atomic mass is 9.81. The van der Waals surface area contributed by atoms with Crippen LogP contribution in [0.5, 0.6) is 0 Å². The van der Waals surface area contributed by atoms with Gasteiger partial charge in [-0.3, -0.25) is 14.7 Å². The molecular weight excluding hydrogens is 437 g/mol. The minimum absolute atomic E-state index is 0.139. The molecule has 1 heterocycles. The number of rotatable bonds is 7. The molecule has 4 N–H and O–H groups in total. The molecule has 1 aromatic heterocycles. The Morgan fingerprint density at radius 2 is 1.58 bits per heavy atom. The summed E-state index contributed by atoms with van der Waals surface area (Å²) in [7, 11) is 0. The zero-order valence-corrected chi connectivity index (χ0v) is 18.1. The molecule has 10 heteroatoms. The van der Waals surface area contributed by atoms with Gasteiger partial charge in [0, 0.05) is 23.2 Å². The average molecular weight is 460 g/mol. The number of aliphatic hydroxyl groups is 1. The molecule has 0 bridgehead atoms. The van der Waals surface area contributed by atoms with Gasteiger partial charge in [-0.2, -0.15) is 5.10 Å². The third-order valence-electron chi connectivity index (χ3n) is 5.27. The lowest BCUT2D eigenvalue weighted by Crippen LogP contribution is -2.43. The summed E-state index contributed by atoms with van der Waals surface area (Å²) in [6.45, 7) is 4.89. The topological polar surface area (TPSA) is 107 Å². The van der Waals surface area contributed by atoms with Crippen molar-refractivity contribution in [1.82, 2.24) is 15.5 Å². The molecule has 0 aliphatic carbocycles. The quantitative estimate of drug-likeness (QED) is 0.434. The zero-order chi connectivity index (χ0) is 24.3. The normalized spacial score (nSPS) is 13.3. The maximum atomic E-state index is 13.6. The summed E-state index contributed by atoms with van der Waals surface area (Å²) in [5.41, 5.74) is 0.190. The highest BCUT2D eigenvalue weighted by Gasteiger charge is 2.28. The van der Waals surface area contributed by atoms with E-state index in [1.807, 2.05) is 0 Å². The van der Waals surface area contributed by atoms with E-state index in [1.54, 1.807) is 13.8 Å². The molecular formula is C23H23F3N4O3. The van der Waals surface area contributed by atoms with E-state index in [9.17, 15) is 27.9 Å². The Morgan fingerprint density at radius 3 is 2.18 bits per heavy atom. The fraction of sp³-hybridized carbons (Fsp3) is 0.261. The van der Waals surface area contributed by atoms with Crippen LogP contribution in [-0.4, -0.2) is 33.2 Å². The number of benzene rings is 2. The number of amides is 2. The van der Waals surface area contributed by atoms with Crippen LogP contribution in [0.2, 0.25) is 0 Å². The molecule has 0 saturated carbocycles. The van der Waals surface area contributed by atoms with E-state index in [2.05, 4.69) is 20.8 Å². The Kier molecular flexibility index (Phi) is 6.87. The van der Waals surface area contributed by atoms with Gasteiger partial charge in [0.25, 0.3) is 5.91 Å². The van der Waals surface area contributed by atoms with Gasteiger partial charge in [0.05, 0.1) is 0 Å². The van der Waals surface area contributed by atoms with Crippen LogP contribution in [0.4, 0.5) is 19.0 Å². The van der Waals surface area contributed by atoms with E-state index < -0.39 is 46.8 Å². The van der Waals surface area contributed by atoms with E-state index in [4.69, 9.17) is 0 Å². The van der Waals surface area contributed by atoms with Crippen LogP contribution >= 0.6 is 0 Å². The fourth-order valence-corrected chi connectivity index (χ4v) is 3.16. The highest BCUT2D eigenvalue weighted by Crippen LogP contribution is 2.32. The number of nitrogens with zero attached hydrogens (tertiary/aromatic N) is 1. The minimum atomic E-state index is -1.58. The molecule has 2 atom stereocenters. The molecule has 2 amide bonds. The average Bonchev–Trinajstić information content (AvgIpc) is 3.22. The predicted molar refractivity (Wildman–Crippen MR) is 115 cm³/mol. The highest BCUT2D eigenvalue weighted by molar-refractivity contribution is 5.97. The largest absolute Gasteiger partial charge is 0.378 e. The molecule has 3 aromatic rings. The van der Waals surface area contributed by atoms with Gasteiger partial charge in [-0.15, -0.1) is 0 Å². The van der Waals surface area contributed by atoms with Gasteiger partial charge in [0.15, 0.2) is 11.9 Å². The van der Waals surface area contributed by atoms with Crippen molar-refractivity contribution >= 4 is 17.6 Å². The molecule has 0 spiro atoms. The standard InChI is InChI=1S/C23H23F3N4O3/c1-12(27-22(33)20(31)13-4-6-15(24)7-5-13)21(32)28-19-11-18(29-30-19)23(2,3)14-8-16(25)10-17(26)9-14/h4-12,20,31H,1-3H3,(H,27,33)(H2,28,29,30,32). The zero-order valence-electron chi connectivity index (χ0n) is 18.1. The first kappa shape index (κ1) is 24.0. The number of nitrogens with one attached hydrogen (secondary N) is 3. The van der Waals surface area contributed by atoms with Crippen molar-refractivity contribution in [1.29, 1.82) is 0 Å². The van der Waals surface area contributed by atoms with Crippen LogP contribution in [-0.2, 0) is 15.0 Å². The molecule has 3 rings (SSSR count). The highest BCUT2D eigenvalue weighted by atomic mass is 19.1. The van der Waals surface area contributed by atoms with E-state index in [0.29, 0.717) is 11.3 Å². The van der Waals surface area contributed by atoms with Crippen molar-refractivity contribution in [3.8, 4) is 0 Å². The second-order valence-electron chi connectivity index (χ2n) is 8.12. The van der Waals surface area contributed by atoms with Crippen molar-refractivity contribution in [2.24, 2.45) is 0 Å². The number of hydrogen-bond acceptors (Lipinski definition) is 4. The van der Waals surface area contributed by atoms with Crippen LogP contribution in [0, 0.1) is 17.5 Å². The fourth-order valence-electron chi connectivity index (χ4n) is 3.16. The van der Waals surface area contributed by atoms with Gasteiger partial charge in [-0.25, -0.2) is 13.2 Å². The third-order valence-corrected chi connectivity index (χ3v) is 5.27. The van der Waals surface area contributed by atoms with Crippen molar-refractivity contribution < 1.29 is 27.9 Å². The van der Waals surface area contributed by atoms with Gasteiger partial charge in [-0.05, 0) is 42.3 Å². The summed E-state index contributed by atoms with van der Waals surface area (Å²) in [5, 5.41) is 21.7. The Labute approximate surface area is 188 Å². The molecule has 0 aliphatic heterocycles. The van der Waals surface area contributed by atoms with Crippen molar-refractivity contribution in [2.45, 2.75) is 38.3 Å². The SMILES string of the molecule is CC(NC(=O)C(O)c1ccc(F)cc1)C(=O)Nc1cc(C(C)(C)c2cc(F)cc(F)c2)[nH]n1. The van der Waals surface area contributed by atoms with E-state index in [-0.39, 0.29) is 11.4 Å². The Bertz CT molecular complexity index is 1140. The van der Waals surface area contributed by atoms with Gasteiger partial charge in [0.1, 0.15) is 23.5 Å². The molecule has 2 aromatic carbocycles. The number of H-pyrrole nitrogens is 1. The molecule has 33 heavy (non-hydrogen) atoms. The van der Waals surface area contributed by atoms with Gasteiger partial charge < -0.3 is 15.7 Å². The number of aliphatic hydroxyl groups excluding tert-OH is 1. The summed E-state index contributed by atoms with van der Waals surface area (Å²) in [6.07, 6.45) is -1.58. The molecule has 0 aliphatic rings. The summed E-state index contributed by atoms with van der Waals surface area (Å²) in [4.78, 5) is 24.7. The van der Waals surface area contributed by atoms with Gasteiger partial charge in [-0.1, -0.05) is 26.0 Å². The number of aromatic nitrogens is 2. The number of anilines is 1. The van der Waals surface area contributed by atoms with Crippen molar-refractivity contribution in [3.05, 3.63) is 82.8 Å². The summed E-state index contributed by atoms with van der Waals surface area (Å²) in [5.74, 6) is -3.23. The second-order valence-corrected chi connectivity index (χ2v) is 8.12. The predicted octanol–water partition coefficient (Wildman–Crippen LogP) is 3.33. The number of carbonyl (C=O) groups is 2. The number of hydrogen-bond donors (Lipinski definition) is 4. The number of halogens is 3. The molecule has 174 valence electrons. The Balaban J connectivity index is 1.64. The second kappa shape index (κ2) is 9.45. The monoisotopic (exact) mass is 460 g/mol. The molecule has 2 unspecified atom stereocenters. The smallest absolute Gasteiger partial charge is 0.254 e. The lowest BCUT2D eigenvalue weighted by Gasteiger charge is -2.23. The van der Waals surface area contributed by atoms with E-state index in [1.165, 1.54) is 37.3 Å². The van der Waals surface area contributed by atoms with Crippen molar-refractivity contribution in [3.63, 3.8) is 0 Å². The van der Waals surface area contributed by atoms with Crippen LogP contribution in [0.25, 0.3) is 0 Å². The van der Waals surface area contributed by atoms with Crippen molar-refractivity contribution in [2.75, 3.05) is 5.32 Å². The van der Waals surface area contributed by atoms with E-state index in [0.717, 1.165) is 18.2 Å². The maximum Gasteiger partial charge on any atom is 0.254 e. The third kappa shape index (κ3) is 5.58. The first-order chi connectivity index (χ1) is 15.5. The Morgan fingerprint density at radius 1 is 0.970 bits per heavy atom. The summed E-state index contributed by atoms with van der Waals surface area (Å²) >= 11 is 0. The minimum Gasteiger partial charge on any atom is -0.378 e. The van der Waals surface area contributed by atoms with Crippen LogP contribution in [0.3, 0.4) is 0 Å². The van der Waals surface area contributed by atoms with E-state index >= 15 is 0 Å².